The number of likely N-dealkylation sites (tertiary alicyclic amines) is 1. The number of pyridine rings is 1. The largest absolute Gasteiger partial charge is 0.493 e. The molecule has 0 unspecified atom stereocenters. The van der Waals surface area contributed by atoms with Gasteiger partial charge in [0, 0.05) is 37.2 Å². The van der Waals surface area contributed by atoms with E-state index in [2.05, 4.69) is 25.6 Å². The summed E-state index contributed by atoms with van der Waals surface area (Å²) >= 11 is 0. The van der Waals surface area contributed by atoms with Crippen LogP contribution in [-0.2, 0) is 4.79 Å². The van der Waals surface area contributed by atoms with E-state index in [0.717, 1.165) is 11.3 Å². The summed E-state index contributed by atoms with van der Waals surface area (Å²) in [6.07, 6.45) is 5.13. The fourth-order valence-electron chi connectivity index (χ4n) is 3.61. The van der Waals surface area contributed by atoms with Gasteiger partial charge in [0.1, 0.15) is 0 Å². The summed E-state index contributed by atoms with van der Waals surface area (Å²) in [6.45, 7) is 2.98. The van der Waals surface area contributed by atoms with Gasteiger partial charge in [0.2, 0.25) is 5.91 Å². The maximum absolute atomic E-state index is 12.3. The third-order valence-electron chi connectivity index (χ3n) is 5.40. The minimum Gasteiger partial charge on any atom is -0.493 e. The normalized spacial score (nSPS) is 15.2. The van der Waals surface area contributed by atoms with Crippen LogP contribution in [0.15, 0.2) is 48.9 Å². The van der Waals surface area contributed by atoms with Crippen LogP contribution in [0.2, 0.25) is 0 Å². The zero-order valence-corrected chi connectivity index (χ0v) is 19.2. The molecule has 0 spiro atoms. The number of rotatable bonds is 7. The average molecular weight is 463 g/mol. The van der Waals surface area contributed by atoms with Gasteiger partial charge in [-0.3, -0.25) is 20.1 Å². The van der Waals surface area contributed by atoms with E-state index in [4.69, 9.17) is 9.47 Å². The third-order valence-corrected chi connectivity index (χ3v) is 5.40. The molecule has 1 fully saturated rings. The van der Waals surface area contributed by atoms with Crippen molar-refractivity contribution in [1.29, 1.82) is 0 Å². The smallest absolute Gasteiger partial charge is 0.324 e. The van der Waals surface area contributed by atoms with Gasteiger partial charge in [0.05, 0.1) is 43.7 Å². The van der Waals surface area contributed by atoms with Crippen LogP contribution in [0.3, 0.4) is 0 Å². The molecule has 0 radical (unpaired) electrons. The molecule has 3 amide bonds. The van der Waals surface area contributed by atoms with Crippen molar-refractivity contribution in [3.8, 4) is 22.8 Å². The highest BCUT2D eigenvalue weighted by Crippen LogP contribution is 2.33. The van der Waals surface area contributed by atoms with Crippen LogP contribution in [0.5, 0.6) is 11.5 Å². The van der Waals surface area contributed by atoms with Gasteiger partial charge in [-0.05, 0) is 37.3 Å². The van der Waals surface area contributed by atoms with Crippen molar-refractivity contribution in [2.24, 2.45) is 5.92 Å². The molecule has 34 heavy (non-hydrogen) atoms. The second-order valence-electron chi connectivity index (χ2n) is 8.08. The molecule has 1 aliphatic rings. The van der Waals surface area contributed by atoms with Crippen molar-refractivity contribution in [2.45, 2.75) is 13.3 Å². The lowest BCUT2D eigenvalue weighted by Gasteiger charge is -2.15. The first-order valence-corrected chi connectivity index (χ1v) is 10.8. The van der Waals surface area contributed by atoms with Gasteiger partial charge in [-0.2, -0.15) is 0 Å². The van der Waals surface area contributed by atoms with Gasteiger partial charge in [-0.15, -0.1) is 0 Å². The molecule has 2 N–H and O–H groups in total. The van der Waals surface area contributed by atoms with Crippen molar-refractivity contribution < 1.29 is 19.1 Å². The standard InChI is InChI=1S/C24H26N6O4/c1-15-4-6-18(10-26-15)27-24(32)29-22-12-25-11-19(28-22)17-5-7-20(21(9-17)33-3)34-14-16-8-23(31)30(2)13-16/h4-7,9-12,16H,8,13-14H2,1-3H3,(H2,27,28,29,32)/t16-/m1/s1. The van der Waals surface area contributed by atoms with Crippen LogP contribution in [-0.4, -0.2) is 59.1 Å². The Morgan fingerprint density at radius 2 is 2.00 bits per heavy atom. The first kappa shape index (κ1) is 23.0. The second-order valence-corrected chi connectivity index (χ2v) is 8.08. The van der Waals surface area contributed by atoms with Gasteiger partial charge >= 0.3 is 6.03 Å². The topological polar surface area (TPSA) is 119 Å². The number of hydrogen-bond acceptors (Lipinski definition) is 7. The molecule has 10 heteroatoms. The monoisotopic (exact) mass is 462 g/mol. The molecule has 0 aliphatic carbocycles. The number of ether oxygens (including phenoxy) is 2. The number of hydrogen-bond donors (Lipinski definition) is 2. The van der Waals surface area contributed by atoms with E-state index in [1.807, 2.05) is 19.1 Å². The number of anilines is 2. The van der Waals surface area contributed by atoms with E-state index in [0.29, 0.717) is 48.3 Å². The van der Waals surface area contributed by atoms with Crippen LogP contribution in [0.4, 0.5) is 16.3 Å². The summed E-state index contributed by atoms with van der Waals surface area (Å²) in [5.74, 6) is 1.70. The summed E-state index contributed by atoms with van der Waals surface area (Å²) in [6, 6.07) is 8.57. The molecule has 2 aromatic heterocycles. The van der Waals surface area contributed by atoms with Crippen LogP contribution in [0.25, 0.3) is 11.3 Å². The highest BCUT2D eigenvalue weighted by Gasteiger charge is 2.27. The van der Waals surface area contributed by atoms with Crippen molar-refractivity contribution in [1.82, 2.24) is 19.9 Å². The predicted molar refractivity (Wildman–Crippen MR) is 127 cm³/mol. The molecule has 10 nitrogen and oxygen atoms in total. The number of aryl methyl sites for hydroxylation is 1. The highest BCUT2D eigenvalue weighted by atomic mass is 16.5. The SMILES string of the molecule is COc1cc(-c2cncc(NC(=O)Nc3ccc(C)nc3)n2)ccc1OC[C@@H]1CC(=O)N(C)C1. The summed E-state index contributed by atoms with van der Waals surface area (Å²) in [7, 11) is 3.36. The van der Waals surface area contributed by atoms with E-state index in [1.165, 1.54) is 6.20 Å². The number of carbonyl (C=O) groups excluding carboxylic acids is 2. The van der Waals surface area contributed by atoms with Crippen molar-refractivity contribution >= 4 is 23.4 Å². The minimum absolute atomic E-state index is 0.132. The van der Waals surface area contributed by atoms with Crippen molar-refractivity contribution in [3.63, 3.8) is 0 Å². The first-order valence-electron chi connectivity index (χ1n) is 10.8. The molecule has 0 bridgehead atoms. The number of carbonyl (C=O) groups is 2. The van der Waals surface area contributed by atoms with Crippen LogP contribution in [0.1, 0.15) is 12.1 Å². The molecule has 0 saturated carbocycles. The molecule has 1 aliphatic heterocycles. The third kappa shape index (κ3) is 5.58. The molecule has 3 aromatic rings. The lowest BCUT2D eigenvalue weighted by Crippen LogP contribution is -2.20. The van der Waals surface area contributed by atoms with Gasteiger partial charge in [-0.25, -0.2) is 9.78 Å². The van der Waals surface area contributed by atoms with Gasteiger partial charge < -0.3 is 19.7 Å². The molecular weight excluding hydrogens is 436 g/mol. The van der Waals surface area contributed by atoms with E-state index in [-0.39, 0.29) is 11.8 Å². The number of aromatic nitrogens is 3. The van der Waals surface area contributed by atoms with Crippen molar-refractivity contribution in [2.75, 3.05) is 37.9 Å². The van der Waals surface area contributed by atoms with Gasteiger partial charge in [0.15, 0.2) is 17.3 Å². The number of nitrogens with one attached hydrogen (secondary N) is 2. The molecule has 1 saturated heterocycles. The highest BCUT2D eigenvalue weighted by molar-refractivity contribution is 5.99. The molecule has 3 heterocycles. The summed E-state index contributed by atoms with van der Waals surface area (Å²) in [5, 5.41) is 5.38. The molecule has 1 atom stereocenters. The maximum Gasteiger partial charge on any atom is 0.324 e. The Balaban J connectivity index is 1.42. The van der Waals surface area contributed by atoms with Crippen molar-refractivity contribution in [3.05, 3.63) is 54.6 Å². The maximum atomic E-state index is 12.3. The van der Waals surface area contributed by atoms with Crippen LogP contribution < -0.4 is 20.1 Å². The molecule has 1 aromatic carbocycles. The fraction of sp³-hybridized carbons (Fsp3) is 0.292. The Hall–Kier alpha value is -4.21. The van der Waals surface area contributed by atoms with E-state index >= 15 is 0 Å². The summed E-state index contributed by atoms with van der Waals surface area (Å²) in [5.41, 5.74) is 2.74. The molecular formula is C24H26N6O4. The number of amides is 3. The molecule has 176 valence electrons. The average Bonchev–Trinajstić information content (AvgIpc) is 3.16. The minimum atomic E-state index is -0.450. The zero-order valence-electron chi connectivity index (χ0n) is 19.2. The predicted octanol–water partition coefficient (Wildman–Crippen LogP) is 3.36. The number of urea groups is 1. The second kappa shape index (κ2) is 10.2. The van der Waals surface area contributed by atoms with Crippen LogP contribution in [0, 0.1) is 12.8 Å². The quantitative estimate of drug-likeness (QED) is 0.553. The Morgan fingerprint density at radius 1 is 1.15 bits per heavy atom. The molecule has 4 rings (SSSR count). The lowest BCUT2D eigenvalue weighted by atomic mass is 10.1. The first-order chi connectivity index (χ1) is 16.4. The summed E-state index contributed by atoms with van der Waals surface area (Å²) in [4.78, 5) is 38.6. The van der Waals surface area contributed by atoms with E-state index in [9.17, 15) is 9.59 Å². The van der Waals surface area contributed by atoms with E-state index < -0.39 is 6.03 Å². The Bertz CT molecular complexity index is 1180. The zero-order chi connectivity index (χ0) is 24.1. The Morgan fingerprint density at radius 3 is 2.71 bits per heavy atom. The van der Waals surface area contributed by atoms with E-state index in [1.54, 1.807) is 49.7 Å². The lowest BCUT2D eigenvalue weighted by molar-refractivity contribution is -0.126. The van der Waals surface area contributed by atoms with Gasteiger partial charge in [-0.1, -0.05) is 0 Å². The Labute approximate surface area is 197 Å². The summed E-state index contributed by atoms with van der Waals surface area (Å²) < 4.78 is 11.4. The number of methoxy groups -OCH3 is 1. The van der Waals surface area contributed by atoms with Gasteiger partial charge in [0.25, 0.3) is 0 Å². The number of benzene rings is 1. The Kier molecular flexibility index (Phi) is 6.86. The fourth-order valence-corrected chi connectivity index (χ4v) is 3.61. The number of nitrogens with zero attached hydrogens (tertiary/aromatic N) is 4. The van der Waals surface area contributed by atoms with Crippen LogP contribution >= 0.6 is 0 Å².